The maximum atomic E-state index is 5.49. The highest BCUT2D eigenvalue weighted by Crippen LogP contribution is 2.18. The summed E-state index contributed by atoms with van der Waals surface area (Å²) in [6.45, 7) is 9.44. The third kappa shape index (κ3) is 3.92. The van der Waals surface area contributed by atoms with Crippen LogP contribution in [0.25, 0.3) is 0 Å². The lowest BCUT2D eigenvalue weighted by Gasteiger charge is -2.13. The Kier molecular flexibility index (Phi) is 4.46. The number of rotatable bonds is 4. The van der Waals surface area contributed by atoms with E-state index in [1.165, 1.54) is 12.0 Å². The number of nitrogens with one attached hydrogen (secondary N) is 1. The SMILES string of the molecule is CC(C)=CCNCC1CCOC1C. The smallest absolute Gasteiger partial charge is 0.0588 e. The molecule has 1 saturated heterocycles. The Morgan fingerprint density at radius 2 is 2.31 bits per heavy atom. The fourth-order valence-electron chi connectivity index (χ4n) is 1.59. The van der Waals surface area contributed by atoms with Gasteiger partial charge in [0.15, 0.2) is 0 Å². The maximum absolute atomic E-state index is 5.49. The van der Waals surface area contributed by atoms with Gasteiger partial charge in [0, 0.05) is 19.7 Å². The minimum Gasteiger partial charge on any atom is -0.378 e. The van der Waals surface area contributed by atoms with Gasteiger partial charge in [-0.05, 0) is 33.1 Å². The highest BCUT2D eigenvalue weighted by atomic mass is 16.5. The molecule has 1 N–H and O–H groups in total. The molecule has 1 fully saturated rings. The van der Waals surface area contributed by atoms with Gasteiger partial charge < -0.3 is 10.1 Å². The second-order valence-corrected chi connectivity index (χ2v) is 4.06. The summed E-state index contributed by atoms with van der Waals surface area (Å²) in [4.78, 5) is 0. The predicted molar refractivity (Wildman–Crippen MR) is 55.8 cm³/mol. The van der Waals surface area contributed by atoms with Crippen molar-refractivity contribution in [1.29, 1.82) is 0 Å². The van der Waals surface area contributed by atoms with Crippen molar-refractivity contribution in [3.8, 4) is 0 Å². The summed E-state index contributed by atoms with van der Waals surface area (Å²) in [5, 5.41) is 3.43. The lowest BCUT2D eigenvalue weighted by atomic mass is 10.0. The average Bonchev–Trinajstić information content (AvgIpc) is 2.45. The van der Waals surface area contributed by atoms with E-state index in [9.17, 15) is 0 Å². The molecule has 2 heteroatoms. The molecule has 0 radical (unpaired) electrons. The summed E-state index contributed by atoms with van der Waals surface area (Å²) in [5.41, 5.74) is 1.38. The molecule has 13 heavy (non-hydrogen) atoms. The van der Waals surface area contributed by atoms with Crippen LogP contribution in [0.3, 0.4) is 0 Å². The first-order valence-electron chi connectivity index (χ1n) is 5.16. The fraction of sp³-hybridized carbons (Fsp3) is 0.818. The van der Waals surface area contributed by atoms with Gasteiger partial charge in [0.2, 0.25) is 0 Å². The van der Waals surface area contributed by atoms with Crippen molar-refractivity contribution >= 4 is 0 Å². The zero-order chi connectivity index (χ0) is 9.68. The van der Waals surface area contributed by atoms with Crippen LogP contribution in [0.5, 0.6) is 0 Å². The molecular formula is C11H21NO. The van der Waals surface area contributed by atoms with E-state index in [1.807, 2.05) is 0 Å². The second-order valence-electron chi connectivity index (χ2n) is 4.06. The van der Waals surface area contributed by atoms with Gasteiger partial charge in [-0.15, -0.1) is 0 Å². The van der Waals surface area contributed by atoms with Crippen LogP contribution in [0.15, 0.2) is 11.6 Å². The maximum Gasteiger partial charge on any atom is 0.0588 e. The van der Waals surface area contributed by atoms with Crippen molar-refractivity contribution in [2.24, 2.45) is 5.92 Å². The standard InChI is InChI=1S/C11H21NO/c1-9(2)4-6-12-8-11-5-7-13-10(11)3/h4,10-12H,5-8H2,1-3H3. The Bertz CT molecular complexity index is 173. The molecule has 0 amide bonds. The van der Waals surface area contributed by atoms with Crippen LogP contribution in [-0.2, 0) is 4.74 Å². The van der Waals surface area contributed by atoms with Gasteiger partial charge in [-0.25, -0.2) is 0 Å². The minimum atomic E-state index is 0.444. The predicted octanol–water partition coefficient (Wildman–Crippen LogP) is 1.97. The lowest BCUT2D eigenvalue weighted by Crippen LogP contribution is -2.27. The molecule has 76 valence electrons. The average molecular weight is 183 g/mol. The summed E-state index contributed by atoms with van der Waals surface area (Å²) in [5.74, 6) is 0.713. The highest BCUT2D eigenvalue weighted by molar-refractivity contribution is 4.94. The minimum absolute atomic E-state index is 0.444. The zero-order valence-corrected chi connectivity index (χ0v) is 8.97. The Morgan fingerprint density at radius 3 is 2.85 bits per heavy atom. The quantitative estimate of drug-likeness (QED) is 0.531. The normalized spacial score (nSPS) is 27.6. The van der Waals surface area contributed by atoms with Crippen LogP contribution in [0, 0.1) is 5.92 Å². The van der Waals surface area contributed by atoms with Crippen molar-refractivity contribution in [3.63, 3.8) is 0 Å². The van der Waals surface area contributed by atoms with E-state index in [1.54, 1.807) is 0 Å². The number of ether oxygens (including phenoxy) is 1. The first-order chi connectivity index (χ1) is 6.20. The van der Waals surface area contributed by atoms with E-state index in [0.29, 0.717) is 12.0 Å². The Labute approximate surface area is 81.4 Å². The third-order valence-corrected chi connectivity index (χ3v) is 2.59. The molecule has 1 aliphatic rings. The summed E-state index contributed by atoms with van der Waals surface area (Å²) >= 11 is 0. The molecule has 0 aliphatic carbocycles. The van der Waals surface area contributed by atoms with Crippen molar-refractivity contribution in [2.45, 2.75) is 33.3 Å². The van der Waals surface area contributed by atoms with Gasteiger partial charge in [-0.2, -0.15) is 0 Å². The summed E-state index contributed by atoms with van der Waals surface area (Å²) in [6.07, 6.45) is 3.88. The van der Waals surface area contributed by atoms with E-state index < -0.39 is 0 Å². The molecular weight excluding hydrogens is 162 g/mol. The Morgan fingerprint density at radius 1 is 1.54 bits per heavy atom. The Hall–Kier alpha value is -0.340. The van der Waals surface area contributed by atoms with E-state index >= 15 is 0 Å². The van der Waals surface area contributed by atoms with Gasteiger partial charge >= 0.3 is 0 Å². The molecule has 0 bridgehead atoms. The molecule has 2 atom stereocenters. The molecule has 1 rings (SSSR count). The van der Waals surface area contributed by atoms with Gasteiger partial charge in [0.1, 0.15) is 0 Å². The highest BCUT2D eigenvalue weighted by Gasteiger charge is 2.22. The molecule has 0 aromatic carbocycles. The van der Waals surface area contributed by atoms with Crippen molar-refractivity contribution in [3.05, 3.63) is 11.6 Å². The monoisotopic (exact) mass is 183 g/mol. The van der Waals surface area contributed by atoms with Crippen molar-refractivity contribution in [1.82, 2.24) is 5.32 Å². The van der Waals surface area contributed by atoms with Crippen LogP contribution < -0.4 is 5.32 Å². The summed E-state index contributed by atoms with van der Waals surface area (Å²) < 4.78 is 5.49. The van der Waals surface area contributed by atoms with E-state index in [-0.39, 0.29) is 0 Å². The Balaban J connectivity index is 2.09. The molecule has 2 nitrogen and oxygen atoms in total. The largest absolute Gasteiger partial charge is 0.378 e. The number of allylic oxidation sites excluding steroid dienone is 1. The molecule has 2 unspecified atom stereocenters. The van der Waals surface area contributed by atoms with E-state index in [2.05, 4.69) is 32.2 Å². The van der Waals surface area contributed by atoms with Crippen molar-refractivity contribution < 1.29 is 4.74 Å². The van der Waals surface area contributed by atoms with Gasteiger partial charge in [0.05, 0.1) is 6.10 Å². The van der Waals surface area contributed by atoms with Crippen LogP contribution in [0.4, 0.5) is 0 Å². The molecule has 0 aromatic heterocycles. The summed E-state index contributed by atoms with van der Waals surface area (Å²) in [6, 6.07) is 0. The third-order valence-electron chi connectivity index (χ3n) is 2.59. The zero-order valence-electron chi connectivity index (χ0n) is 8.97. The van der Waals surface area contributed by atoms with Gasteiger partial charge in [-0.3, -0.25) is 0 Å². The lowest BCUT2D eigenvalue weighted by molar-refractivity contribution is 0.106. The van der Waals surface area contributed by atoms with Gasteiger partial charge in [-0.1, -0.05) is 11.6 Å². The fourth-order valence-corrected chi connectivity index (χ4v) is 1.59. The topological polar surface area (TPSA) is 21.3 Å². The molecule has 1 heterocycles. The van der Waals surface area contributed by atoms with Crippen LogP contribution >= 0.6 is 0 Å². The molecule has 1 aliphatic heterocycles. The van der Waals surface area contributed by atoms with Crippen LogP contribution in [0.2, 0.25) is 0 Å². The van der Waals surface area contributed by atoms with E-state index in [0.717, 1.165) is 19.7 Å². The summed E-state index contributed by atoms with van der Waals surface area (Å²) in [7, 11) is 0. The van der Waals surface area contributed by atoms with Crippen LogP contribution in [0.1, 0.15) is 27.2 Å². The molecule has 0 saturated carbocycles. The molecule has 0 spiro atoms. The van der Waals surface area contributed by atoms with Crippen molar-refractivity contribution in [2.75, 3.05) is 19.7 Å². The van der Waals surface area contributed by atoms with Crippen LogP contribution in [-0.4, -0.2) is 25.8 Å². The molecule has 0 aromatic rings. The first-order valence-corrected chi connectivity index (χ1v) is 5.16. The number of hydrogen-bond acceptors (Lipinski definition) is 2. The van der Waals surface area contributed by atoms with E-state index in [4.69, 9.17) is 4.74 Å². The first kappa shape index (κ1) is 10.7. The van der Waals surface area contributed by atoms with Gasteiger partial charge in [0.25, 0.3) is 0 Å². The number of hydrogen-bond donors (Lipinski definition) is 1. The second kappa shape index (κ2) is 5.40.